The van der Waals surface area contributed by atoms with Gasteiger partial charge in [-0.1, -0.05) is 79.0 Å². The van der Waals surface area contributed by atoms with Crippen molar-refractivity contribution in [3.8, 4) is 0 Å². The Morgan fingerprint density at radius 1 is 1.00 bits per heavy atom. The van der Waals surface area contributed by atoms with Crippen LogP contribution in [-0.4, -0.2) is 55.4 Å². The first-order valence-electron chi connectivity index (χ1n) is 13.2. The molecular weight excluding hydrogens is 603 g/mol. The molecule has 0 unspecified atom stereocenters. The molecule has 0 saturated carbocycles. The number of rotatable bonds is 14. The molecule has 0 saturated heterocycles. The second-order valence-corrected chi connectivity index (χ2v) is 12.3. The number of nitrogens with one attached hydrogen (secondary N) is 1. The van der Waals surface area contributed by atoms with E-state index < -0.39 is 39.3 Å². The number of nitrogens with zero attached hydrogens (tertiary/aromatic N) is 3. The van der Waals surface area contributed by atoms with Gasteiger partial charge in [-0.2, -0.15) is 0 Å². The molecule has 1 atom stereocenters. The molecule has 0 heterocycles. The van der Waals surface area contributed by atoms with Gasteiger partial charge in [0.25, 0.3) is 5.69 Å². The maximum Gasteiger partial charge on any atom is 0.271 e. The van der Waals surface area contributed by atoms with Crippen LogP contribution < -0.4 is 9.62 Å². The highest BCUT2D eigenvalue weighted by atomic mass is 35.5. The minimum absolute atomic E-state index is 0.0669. The quantitative estimate of drug-likeness (QED) is 0.147. The number of unbranched alkanes of at least 4 members (excludes halogenated alkanes) is 1. The Bertz CT molecular complexity index is 1500. The van der Waals surface area contributed by atoms with Crippen LogP contribution in [-0.2, 0) is 32.6 Å². The number of hydrogen-bond donors (Lipinski definition) is 1. The van der Waals surface area contributed by atoms with Crippen LogP contribution >= 0.6 is 23.2 Å². The molecule has 0 aromatic heterocycles. The lowest BCUT2D eigenvalue weighted by Crippen LogP contribution is -2.53. The third-order valence-electron chi connectivity index (χ3n) is 6.50. The van der Waals surface area contributed by atoms with Crippen LogP contribution in [0.5, 0.6) is 0 Å². The Balaban J connectivity index is 2.10. The number of halogens is 2. The topological polar surface area (TPSA) is 130 Å². The Labute approximate surface area is 255 Å². The molecule has 10 nitrogen and oxygen atoms in total. The lowest BCUT2D eigenvalue weighted by Gasteiger charge is -2.34. The third-order valence-corrected chi connectivity index (χ3v) is 8.35. The number of amides is 2. The van der Waals surface area contributed by atoms with Gasteiger partial charge in [-0.3, -0.25) is 24.0 Å². The summed E-state index contributed by atoms with van der Waals surface area (Å²) in [4.78, 5) is 39.7. The van der Waals surface area contributed by atoms with Crippen LogP contribution in [0.15, 0.2) is 72.8 Å². The zero-order valence-electron chi connectivity index (χ0n) is 23.2. The zero-order chi connectivity index (χ0) is 30.9. The van der Waals surface area contributed by atoms with E-state index in [9.17, 15) is 28.1 Å². The highest BCUT2D eigenvalue weighted by Gasteiger charge is 2.34. The summed E-state index contributed by atoms with van der Waals surface area (Å²) in [5.74, 6) is -1.15. The fraction of sp³-hybridized carbons (Fsp3) is 0.310. The number of carbonyl (C=O) groups excluding carboxylic acids is 2. The van der Waals surface area contributed by atoms with E-state index in [-0.39, 0.29) is 34.4 Å². The first kappa shape index (κ1) is 32.8. The molecule has 13 heteroatoms. The molecule has 0 bridgehead atoms. The molecule has 3 rings (SSSR count). The fourth-order valence-corrected chi connectivity index (χ4v) is 5.65. The second kappa shape index (κ2) is 15.0. The van der Waals surface area contributed by atoms with Gasteiger partial charge in [0.1, 0.15) is 12.6 Å². The molecular formula is C29H32Cl2N4O6S. The van der Waals surface area contributed by atoms with Gasteiger partial charge < -0.3 is 10.2 Å². The van der Waals surface area contributed by atoms with Gasteiger partial charge in [-0.25, -0.2) is 8.42 Å². The highest BCUT2D eigenvalue weighted by Crippen LogP contribution is 2.28. The normalized spacial score (nSPS) is 11.9. The van der Waals surface area contributed by atoms with Gasteiger partial charge in [0.15, 0.2) is 0 Å². The summed E-state index contributed by atoms with van der Waals surface area (Å²) in [6.45, 7) is 1.45. The molecule has 3 aromatic carbocycles. The molecule has 42 heavy (non-hydrogen) atoms. The Hall–Kier alpha value is -3.67. The first-order chi connectivity index (χ1) is 19.9. The van der Waals surface area contributed by atoms with Crippen LogP contribution in [0.4, 0.5) is 11.4 Å². The molecule has 3 aromatic rings. The predicted octanol–water partition coefficient (Wildman–Crippen LogP) is 5.22. The lowest BCUT2D eigenvalue weighted by atomic mass is 10.0. The van der Waals surface area contributed by atoms with E-state index in [1.807, 2.05) is 37.3 Å². The van der Waals surface area contributed by atoms with Crippen molar-refractivity contribution in [2.45, 2.75) is 38.8 Å². The Morgan fingerprint density at radius 2 is 1.64 bits per heavy atom. The minimum atomic E-state index is -4.09. The Kier molecular flexibility index (Phi) is 11.7. The Morgan fingerprint density at radius 3 is 2.24 bits per heavy atom. The molecule has 2 amide bonds. The molecule has 224 valence electrons. The number of benzene rings is 3. The van der Waals surface area contributed by atoms with Gasteiger partial charge in [-0.15, -0.1) is 0 Å². The number of carbonyl (C=O) groups is 2. The summed E-state index contributed by atoms with van der Waals surface area (Å²) in [6, 6.07) is 17.9. The maximum absolute atomic E-state index is 14.1. The van der Waals surface area contributed by atoms with E-state index >= 15 is 0 Å². The van der Waals surface area contributed by atoms with Crippen molar-refractivity contribution in [1.29, 1.82) is 0 Å². The van der Waals surface area contributed by atoms with E-state index in [4.69, 9.17) is 23.2 Å². The van der Waals surface area contributed by atoms with Crippen molar-refractivity contribution in [1.82, 2.24) is 10.2 Å². The van der Waals surface area contributed by atoms with Crippen LogP contribution in [0.2, 0.25) is 10.0 Å². The average molecular weight is 636 g/mol. The van der Waals surface area contributed by atoms with Crippen molar-refractivity contribution < 1.29 is 22.9 Å². The number of sulfonamides is 1. The van der Waals surface area contributed by atoms with Gasteiger partial charge in [0.2, 0.25) is 21.8 Å². The SMILES string of the molecule is CCCCNC(=O)[C@H](Cc1ccccc1)N(Cc1c(Cl)cccc1Cl)C(=O)CN(c1cccc([N+](=O)[O-])c1)S(C)(=O)=O. The number of anilines is 1. The molecule has 0 aliphatic carbocycles. The molecule has 0 fully saturated rings. The summed E-state index contributed by atoms with van der Waals surface area (Å²) in [7, 11) is -4.09. The van der Waals surface area contributed by atoms with Gasteiger partial charge >= 0.3 is 0 Å². The number of nitro benzene ring substituents is 1. The van der Waals surface area contributed by atoms with Crippen LogP contribution in [0, 0.1) is 10.1 Å². The van der Waals surface area contributed by atoms with E-state index in [0.717, 1.165) is 35.0 Å². The standard InChI is InChI=1S/C29H32Cl2N4O6S/c1-3-4-16-32-29(37)27(17-21-10-6-5-7-11-21)33(19-24-25(30)14-9-15-26(24)31)28(36)20-34(42(2,40)41)22-12-8-13-23(18-22)35(38)39/h5-15,18,27H,3-4,16-17,19-20H2,1-2H3,(H,32,37)/t27-/m0/s1. The third kappa shape index (κ3) is 8.91. The summed E-state index contributed by atoms with van der Waals surface area (Å²) >= 11 is 12.9. The monoisotopic (exact) mass is 634 g/mol. The highest BCUT2D eigenvalue weighted by molar-refractivity contribution is 7.92. The van der Waals surface area contributed by atoms with Gasteiger partial charge in [0, 0.05) is 47.3 Å². The first-order valence-corrected chi connectivity index (χ1v) is 15.8. The van der Waals surface area contributed by atoms with E-state index in [1.165, 1.54) is 23.1 Å². The summed E-state index contributed by atoms with van der Waals surface area (Å²) in [5.41, 5.74) is 0.748. The average Bonchev–Trinajstić information content (AvgIpc) is 2.95. The zero-order valence-corrected chi connectivity index (χ0v) is 25.5. The fourth-order valence-electron chi connectivity index (χ4n) is 4.29. The molecule has 1 N–H and O–H groups in total. The van der Waals surface area contributed by atoms with E-state index in [1.54, 1.807) is 18.2 Å². The van der Waals surface area contributed by atoms with Crippen molar-refractivity contribution in [2.24, 2.45) is 0 Å². The van der Waals surface area contributed by atoms with Crippen molar-refractivity contribution in [3.63, 3.8) is 0 Å². The smallest absolute Gasteiger partial charge is 0.271 e. The molecule has 0 aliphatic heterocycles. The summed E-state index contributed by atoms with van der Waals surface area (Å²) in [6.07, 6.45) is 2.59. The molecule has 0 radical (unpaired) electrons. The molecule has 0 aliphatic rings. The van der Waals surface area contributed by atoms with Gasteiger partial charge in [0.05, 0.1) is 16.9 Å². The van der Waals surface area contributed by atoms with Gasteiger partial charge in [-0.05, 0) is 30.2 Å². The molecule has 0 spiro atoms. The number of nitro groups is 1. The maximum atomic E-state index is 14.1. The second-order valence-electron chi connectivity index (χ2n) is 9.62. The van der Waals surface area contributed by atoms with Crippen LogP contribution in [0.25, 0.3) is 0 Å². The largest absolute Gasteiger partial charge is 0.354 e. The summed E-state index contributed by atoms with van der Waals surface area (Å²) in [5, 5.41) is 14.8. The van der Waals surface area contributed by atoms with Crippen molar-refractivity contribution >= 4 is 56.4 Å². The van der Waals surface area contributed by atoms with E-state index in [0.29, 0.717) is 12.1 Å². The summed E-state index contributed by atoms with van der Waals surface area (Å²) < 4.78 is 26.5. The van der Waals surface area contributed by atoms with Crippen molar-refractivity contribution in [3.05, 3.63) is 104 Å². The number of hydrogen-bond acceptors (Lipinski definition) is 6. The van der Waals surface area contributed by atoms with Crippen LogP contribution in [0.1, 0.15) is 30.9 Å². The lowest BCUT2D eigenvalue weighted by molar-refractivity contribution is -0.384. The number of non-ortho nitro benzene ring substituents is 1. The van der Waals surface area contributed by atoms with E-state index in [2.05, 4.69) is 5.32 Å². The minimum Gasteiger partial charge on any atom is -0.354 e. The van der Waals surface area contributed by atoms with Crippen molar-refractivity contribution in [2.75, 3.05) is 23.7 Å². The van der Waals surface area contributed by atoms with Crippen LogP contribution in [0.3, 0.4) is 0 Å². The predicted molar refractivity (Wildman–Crippen MR) is 164 cm³/mol.